The number of alkyl halides is 3. The smallest absolute Gasteiger partial charge is 0.423 e. The Kier molecular flexibility index (Phi) is 4.97. The summed E-state index contributed by atoms with van der Waals surface area (Å²) in [4.78, 5) is 18.5. The van der Waals surface area contributed by atoms with E-state index in [9.17, 15) is 26.4 Å². The molecule has 2 rings (SSSR count). The van der Waals surface area contributed by atoms with Crippen LogP contribution in [0.5, 0.6) is 0 Å². The first-order valence-corrected chi connectivity index (χ1v) is 8.20. The maximum absolute atomic E-state index is 12.2. The van der Waals surface area contributed by atoms with Gasteiger partial charge in [-0.2, -0.15) is 13.2 Å². The highest BCUT2D eigenvalue weighted by molar-refractivity contribution is 7.94. The average Bonchev–Trinajstić information content (AvgIpc) is 2.45. The maximum Gasteiger partial charge on any atom is 0.471 e. The minimum absolute atomic E-state index is 0.0561. The van der Waals surface area contributed by atoms with Gasteiger partial charge in [0, 0.05) is 17.2 Å². The zero-order valence-electron chi connectivity index (χ0n) is 13.0. The van der Waals surface area contributed by atoms with Crippen LogP contribution < -0.4 is 5.32 Å². The van der Waals surface area contributed by atoms with Gasteiger partial charge in [0.2, 0.25) is 10.0 Å². The quantitative estimate of drug-likeness (QED) is 0.887. The molecule has 0 saturated carbocycles. The summed E-state index contributed by atoms with van der Waals surface area (Å²) in [5.74, 6) is -1.86. The van der Waals surface area contributed by atoms with Crippen LogP contribution in [0.3, 0.4) is 0 Å². The Balaban J connectivity index is 2.19. The zero-order valence-corrected chi connectivity index (χ0v) is 13.8. The molecular weight excluding hydrogens is 361 g/mol. The Bertz CT molecular complexity index is 876. The van der Waals surface area contributed by atoms with Crippen molar-refractivity contribution in [3.05, 3.63) is 46.6 Å². The van der Waals surface area contributed by atoms with Crippen molar-refractivity contribution in [2.45, 2.75) is 24.9 Å². The van der Waals surface area contributed by atoms with Crippen molar-refractivity contribution in [3.63, 3.8) is 0 Å². The molecule has 0 spiro atoms. The van der Waals surface area contributed by atoms with Gasteiger partial charge in [0.05, 0.1) is 4.90 Å². The van der Waals surface area contributed by atoms with Gasteiger partial charge in [-0.3, -0.25) is 9.78 Å². The number of carbonyl (C=O) groups excluding carboxylic acids is 1. The molecule has 0 radical (unpaired) electrons. The highest BCUT2D eigenvalue weighted by atomic mass is 32.2. The molecule has 1 aromatic heterocycles. The SMILES string of the molecule is Cc1cc([N-]S(=O)(=O)c2ccc(NC(=O)C(F)(F)F)cc2)nc(C)n1. The number of carbonyl (C=O) groups is 1. The first-order chi connectivity index (χ1) is 11.5. The first-order valence-electron chi connectivity index (χ1n) is 6.76. The van der Waals surface area contributed by atoms with Crippen LogP contribution in [0.2, 0.25) is 0 Å². The fourth-order valence-corrected chi connectivity index (χ4v) is 2.76. The predicted molar refractivity (Wildman–Crippen MR) is 82.8 cm³/mol. The second-order valence-corrected chi connectivity index (χ2v) is 6.56. The summed E-state index contributed by atoms with van der Waals surface area (Å²) < 4.78 is 64.5. The standard InChI is InChI=1S/C14H13F3N4O3S/c1-8-7-12(19-9(2)18-8)21-25(23,24)11-5-3-10(4-6-11)20-13(22)14(15,16)17/h3-7H,1-2H3,(H2,18,19,20,21,22)/p-1. The van der Waals surface area contributed by atoms with E-state index in [2.05, 4.69) is 14.7 Å². The van der Waals surface area contributed by atoms with E-state index in [1.165, 1.54) is 6.07 Å². The molecule has 1 heterocycles. The first kappa shape index (κ1) is 18.6. The van der Waals surface area contributed by atoms with Crippen LogP contribution in [0.15, 0.2) is 35.2 Å². The molecule has 0 aliphatic rings. The number of amides is 1. The van der Waals surface area contributed by atoms with Crippen LogP contribution in [-0.4, -0.2) is 30.5 Å². The van der Waals surface area contributed by atoms with Crippen LogP contribution in [0.4, 0.5) is 24.7 Å². The Hall–Kier alpha value is -2.69. The second-order valence-electron chi connectivity index (χ2n) is 4.96. The largest absolute Gasteiger partial charge is 0.471 e. The summed E-state index contributed by atoms with van der Waals surface area (Å²) in [5, 5.41) is 1.62. The summed E-state index contributed by atoms with van der Waals surface area (Å²) in [5.41, 5.74) is 0.335. The van der Waals surface area contributed by atoms with Crippen molar-refractivity contribution in [2.24, 2.45) is 0 Å². The van der Waals surface area contributed by atoms with Gasteiger partial charge in [-0.05, 0) is 50.0 Å². The molecule has 2 aromatic rings. The number of halogens is 3. The lowest BCUT2D eigenvalue weighted by Gasteiger charge is -2.17. The van der Waals surface area contributed by atoms with Gasteiger partial charge in [0.15, 0.2) is 0 Å². The molecule has 0 saturated heterocycles. The van der Waals surface area contributed by atoms with Crippen LogP contribution in [0, 0.1) is 13.8 Å². The molecule has 134 valence electrons. The Morgan fingerprint density at radius 1 is 1.12 bits per heavy atom. The molecule has 0 bridgehead atoms. The second kappa shape index (κ2) is 6.67. The molecule has 0 fully saturated rings. The van der Waals surface area contributed by atoms with Crippen molar-refractivity contribution in [1.29, 1.82) is 0 Å². The number of rotatable bonds is 4. The molecule has 0 unspecified atom stereocenters. The normalized spacial score (nSPS) is 11.9. The van der Waals surface area contributed by atoms with E-state index in [0.717, 1.165) is 24.3 Å². The number of anilines is 1. The van der Waals surface area contributed by atoms with Crippen molar-refractivity contribution < 1.29 is 26.4 Å². The number of sulfonamides is 1. The lowest BCUT2D eigenvalue weighted by Crippen LogP contribution is -2.29. The lowest BCUT2D eigenvalue weighted by molar-refractivity contribution is -0.167. The number of aromatic nitrogens is 2. The van der Waals surface area contributed by atoms with Crippen LogP contribution in [0.25, 0.3) is 4.72 Å². The fraction of sp³-hybridized carbons (Fsp3) is 0.214. The van der Waals surface area contributed by atoms with Crippen molar-refractivity contribution >= 4 is 27.4 Å². The van der Waals surface area contributed by atoms with Gasteiger partial charge in [-0.15, -0.1) is 0 Å². The highest BCUT2D eigenvalue weighted by Gasteiger charge is 2.38. The molecular formula is C14H12F3N4O3S-. The summed E-state index contributed by atoms with van der Waals surface area (Å²) in [6.45, 7) is 3.23. The predicted octanol–water partition coefficient (Wildman–Crippen LogP) is 2.99. The number of hydrogen-bond donors (Lipinski definition) is 1. The number of benzene rings is 1. The molecule has 1 aromatic carbocycles. The van der Waals surface area contributed by atoms with E-state index in [-0.39, 0.29) is 16.4 Å². The van der Waals surface area contributed by atoms with Gasteiger partial charge >= 0.3 is 12.1 Å². The minimum Gasteiger partial charge on any atom is -0.423 e. The third-order valence-electron chi connectivity index (χ3n) is 2.83. The summed E-state index contributed by atoms with van der Waals surface area (Å²) in [6.07, 6.45) is -5.04. The number of aryl methyl sites for hydroxylation is 2. The van der Waals surface area contributed by atoms with E-state index in [1.54, 1.807) is 19.2 Å². The summed E-state index contributed by atoms with van der Waals surface area (Å²) in [7, 11) is -4.12. The van der Waals surface area contributed by atoms with Crippen molar-refractivity contribution in [1.82, 2.24) is 9.97 Å². The van der Waals surface area contributed by atoms with E-state index < -0.39 is 22.1 Å². The van der Waals surface area contributed by atoms with Gasteiger partial charge < -0.3 is 15.0 Å². The van der Waals surface area contributed by atoms with E-state index in [0.29, 0.717) is 11.5 Å². The van der Waals surface area contributed by atoms with Gasteiger partial charge in [0.1, 0.15) is 0 Å². The summed E-state index contributed by atoms with van der Waals surface area (Å²) in [6, 6.07) is 5.50. The highest BCUT2D eigenvalue weighted by Crippen LogP contribution is 2.27. The maximum atomic E-state index is 12.2. The monoisotopic (exact) mass is 373 g/mol. The van der Waals surface area contributed by atoms with E-state index >= 15 is 0 Å². The van der Waals surface area contributed by atoms with Gasteiger partial charge in [-0.1, -0.05) is 0 Å². The van der Waals surface area contributed by atoms with Crippen LogP contribution in [0.1, 0.15) is 11.5 Å². The van der Waals surface area contributed by atoms with E-state index in [4.69, 9.17) is 0 Å². The van der Waals surface area contributed by atoms with Crippen LogP contribution >= 0.6 is 0 Å². The van der Waals surface area contributed by atoms with Crippen LogP contribution in [-0.2, 0) is 14.8 Å². The molecule has 1 N–H and O–H groups in total. The number of nitrogens with one attached hydrogen (secondary N) is 1. The zero-order chi connectivity index (χ0) is 18.8. The Labute approximate surface area is 141 Å². The molecule has 11 heteroatoms. The van der Waals surface area contributed by atoms with Crippen molar-refractivity contribution in [2.75, 3.05) is 5.32 Å². The Morgan fingerprint density at radius 3 is 2.24 bits per heavy atom. The number of nitrogens with zero attached hydrogens (tertiary/aromatic N) is 3. The topological polar surface area (TPSA) is 103 Å². The number of hydrogen-bond acceptors (Lipinski definition) is 5. The van der Waals surface area contributed by atoms with E-state index in [1.807, 2.05) is 0 Å². The minimum atomic E-state index is -5.04. The molecule has 7 nitrogen and oxygen atoms in total. The third-order valence-corrected chi connectivity index (χ3v) is 4.13. The molecule has 0 aliphatic carbocycles. The van der Waals surface area contributed by atoms with Gasteiger partial charge in [-0.25, -0.2) is 8.42 Å². The third kappa shape index (κ3) is 4.89. The Morgan fingerprint density at radius 2 is 1.72 bits per heavy atom. The molecule has 25 heavy (non-hydrogen) atoms. The average molecular weight is 373 g/mol. The molecule has 0 aliphatic heterocycles. The summed E-state index contributed by atoms with van der Waals surface area (Å²) >= 11 is 0. The fourth-order valence-electron chi connectivity index (χ4n) is 1.83. The van der Waals surface area contributed by atoms with Crippen molar-refractivity contribution in [3.8, 4) is 0 Å². The molecule has 0 atom stereocenters. The molecule has 1 amide bonds. The lowest BCUT2D eigenvalue weighted by atomic mass is 10.3. The van der Waals surface area contributed by atoms with Gasteiger partial charge in [0.25, 0.3) is 0 Å².